The number of ether oxygens (including phenoxy) is 1. The second kappa shape index (κ2) is 5.99. The molecule has 0 bridgehead atoms. The maximum Gasteiger partial charge on any atom is 0.236 e. The topological polar surface area (TPSA) is 75.7 Å². The smallest absolute Gasteiger partial charge is 0.236 e. The van der Waals surface area contributed by atoms with Crippen LogP contribution in [0.4, 0.5) is 0 Å². The second-order valence-corrected chi connectivity index (χ2v) is 7.78. The molecular formula is C11H22N2O4S. The van der Waals surface area contributed by atoms with Crippen molar-refractivity contribution in [1.82, 2.24) is 10.2 Å². The minimum atomic E-state index is -3.13. The number of sulfone groups is 1. The second-order valence-electron chi connectivity index (χ2n) is 5.13. The lowest BCUT2D eigenvalue weighted by Gasteiger charge is -2.28. The molecule has 1 aliphatic rings. The van der Waals surface area contributed by atoms with Crippen LogP contribution in [0.25, 0.3) is 0 Å². The van der Waals surface area contributed by atoms with Crippen molar-refractivity contribution >= 4 is 15.7 Å². The molecule has 1 amide bonds. The van der Waals surface area contributed by atoms with Crippen molar-refractivity contribution in [2.45, 2.75) is 18.6 Å². The highest BCUT2D eigenvalue weighted by Crippen LogP contribution is 2.13. The number of carbonyl (C=O) groups is 1. The van der Waals surface area contributed by atoms with E-state index in [2.05, 4.69) is 5.32 Å². The number of amides is 1. The molecule has 1 rings (SSSR count). The maximum atomic E-state index is 11.8. The molecule has 1 heterocycles. The zero-order chi connectivity index (χ0) is 13.8. The van der Waals surface area contributed by atoms with Gasteiger partial charge >= 0.3 is 0 Å². The summed E-state index contributed by atoms with van der Waals surface area (Å²) in [4.78, 5) is 13.5. The van der Waals surface area contributed by atoms with Crippen molar-refractivity contribution in [3.05, 3.63) is 0 Å². The quantitative estimate of drug-likeness (QED) is 0.717. The van der Waals surface area contributed by atoms with E-state index in [9.17, 15) is 13.2 Å². The van der Waals surface area contributed by atoms with Gasteiger partial charge in [-0.3, -0.25) is 4.79 Å². The Morgan fingerprint density at radius 3 is 2.39 bits per heavy atom. The molecule has 1 aliphatic heterocycles. The summed E-state index contributed by atoms with van der Waals surface area (Å²) in [7, 11) is -3.13. The van der Waals surface area contributed by atoms with Crippen molar-refractivity contribution in [2.24, 2.45) is 0 Å². The average Bonchev–Trinajstić information content (AvgIpc) is 2.28. The number of hydrogen-bond acceptors (Lipinski definition) is 5. The van der Waals surface area contributed by atoms with Crippen LogP contribution in [0.1, 0.15) is 13.8 Å². The molecule has 1 N–H and O–H groups in total. The fourth-order valence-corrected chi connectivity index (χ4v) is 1.89. The van der Waals surface area contributed by atoms with E-state index in [0.29, 0.717) is 26.3 Å². The van der Waals surface area contributed by atoms with Gasteiger partial charge in [0.1, 0.15) is 0 Å². The van der Waals surface area contributed by atoms with Crippen LogP contribution in [-0.4, -0.2) is 69.6 Å². The average molecular weight is 278 g/mol. The molecule has 0 radical (unpaired) electrons. The van der Waals surface area contributed by atoms with Gasteiger partial charge in [0.05, 0.1) is 24.5 Å². The van der Waals surface area contributed by atoms with Gasteiger partial charge < -0.3 is 15.0 Å². The van der Waals surface area contributed by atoms with E-state index in [4.69, 9.17) is 4.74 Å². The number of rotatable bonds is 5. The fraction of sp³-hybridized carbons (Fsp3) is 0.909. The summed E-state index contributed by atoms with van der Waals surface area (Å²) in [6.07, 6.45) is 1.21. The molecular weight excluding hydrogens is 256 g/mol. The van der Waals surface area contributed by atoms with E-state index >= 15 is 0 Å². The molecule has 0 atom stereocenters. The zero-order valence-electron chi connectivity index (χ0n) is 11.2. The van der Waals surface area contributed by atoms with Crippen LogP contribution in [0.2, 0.25) is 0 Å². The predicted molar refractivity (Wildman–Crippen MR) is 69.2 cm³/mol. The summed E-state index contributed by atoms with van der Waals surface area (Å²) in [5, 5.41) is 2.92. The lowest BCUT2D eigenvalue weighted by atomic mass is 10.2. The number of nitrogens with one attached hydrogen (secondary N) is 1. The summed E-state index contributed by atoms with van der Waals surface area (Å²) in [5.41, 5.74) is 0. The van der Waals surface area contributed by atoms with Crippen molar-refractivity contribution in [2.75, 3.05) is 45.6 Å². The first-order valence-electron chi connectivity index (χ1n) is 6.00. The van der Waals surface area contributed by atoms with Gasteiger partial charge in [-0.25, -0.2) is 8.42 Å². The van der Waals surface area contributed by atoms with Gasteiger partial charge in [-0.1, -0.05) is 0 Å². The summed E-state index contributed by atoms with van der Waals surface area (Å²) in [6.45, 7) is 6.08. The monoisotopic (exact) mass is 278 g/mol. The third kappa shape index (κ3) is 4.22. The van der Waals surface area contributed by atoms with E-state index in [1.807, 2.05) is 0 Å². The Morgan fingerprint density at radius 1 is 1.33 bits per heavy atom. The van der Waals surface area contributed by atoms with Crippen LogP contribution in [0.5, 0.6) is 0 Å². The lowest BCUT2D eigenvalue weighted by Crippen LogP contribution is -2.48. The Labute approximate surface area is 109 Å². The van der Waals surface area contributed by atoms with Crippen LogP contribution < -0.4 is 5.32 Å². The molecule has 0 saturated carbocycles. The van der Waals surface area contributed by atoms with Crippen molar-refractivity contribution in [3.63, 3.8) is 0 Å². The van der Waals surface area contributed by atoms with Crippen LogP contribution in [-0.2, 0) is 19.4 Å². The summed E-state index contributed by atoms with van der Waals surface area (Å²) in [6, 6.07) is 0. The third-order valence-electron chi connectivity index (χ3n) is 3.19. The van der Waals surface area contributed by atoms with Gasteiger partial charge in [-0.2, -0.15) is 0 Å². The maximum absolute atomic E-state index is 11.8. The fourth-order valence-electron chi connectivity index (χ4n) is 1.53. The molecule has 0 aromatic rings. The Morgan fingerprint density at radius 2 is 1.89 bits per heavy atom. The molecule has 18 heavy (non-hydrogen) atoms. The van der Waals surface area contributed by atoms with Gasteiger partial charge in [-0.05, 0) is 13.8 Å². The molecule has 0 spiro atoms. The van der Waals surface area contributed by atoms with E-state index in [-0.39, 0.29) is 19.0 Å². The minimum absolute atomic E-state index is 0.0115. The molecule has 6 nitrogen and oxygen atoms in total. The zero-order valence-corrected chi connectivity index (χ0v) is 12.0. The van der Waals surface area contributed by atoms with Gasteiger partial charge in [0.2, 0.25) is 5.91 Å². The van der Waals surface area contributed by atoms with Crippen LogP contribution >= 0.6 is 0 Å². The number of hydrogen-bond donors (Lipinski definition) is 1. The highest BCUT2D eigenvalue weighted by Gasteiger charge is 2.30. The van der Waals surface area contributed by atoms with E-state index < -0.39 is 14.6 Å². The normalized spacial score (nSPS) is 17.8. The Hall–Kier alpha value is -0.660. The first kappa shape index (κ1) is 15.4. The molecule has 7 heteroatoms. The highest BCUT2D eigenvalue weighted by molar-refractivity contribution is 7.92. The van der Waals surface area contributed by atoms with E-state index in [1.54, 1.807) is 18.7 Å². The van der Waals surface area contributed by atoms with Crippen LogP contribution in [0.3, 0.4) is 0 Å². The number of carbonyl (C=O) groups excluding carboxylic acids is 1. The van der Waals surface area contributed by atoms with E-state index in [0.717, 1.165) is 0 Å². The van der Waals surface area contributed by atoms with Gasteiger partial charge in [0.15, 0.2) is 9.84 Å². The lowest BCUT2D eigenvalue weighted by molar-refractivity contribution is -0.134. The first-order valence-corrected chi connectivity index (χ1v) is 7.89. The number of nitrogens with zero attached hydrogens (tertiary/aromatic N) is 1. The largest absolute Gasteiger partial charge is 0.378 e. The third-order valence-corrected chi connectivity index (χ3v) is 5.35. The van der Waals surface area contributed by atoms with E-state index in [1.165, 1.54) is 6.26 Å². The molecule has 0 aromatic carbocycles. The van der Waals surface area contributed by atoms with Gasteiger partial charge in [0.25, 0.3) is 0 Å². The number of morpholine rings is 1. The summed E-state index contributed by atoms with van der Waals surface area (Å²) >= 11 is 0. The molecule has 0 aromatic heterocycles. The van der Waals surface area contributed by atoms with Gasteiger partial charge in [0, 0.05) is 25.9 Å². The Bertz CT molecular complexity index is 386. The molecule has 1 saturated heterocycles. The Balaban J connectivity index is 2.35. The molecule has 106 valence electrons. The highest BCUT2D eigenvalue weighted by atomic mass is 32.2. The van der Waals surface area contributed by atoms with Crippen molar-refractivity contribution in [3.8, 4) is 0 Å². The summed E-state index contributed by atoms with van der Waals surface area (Å²) in [5.74, 6) is -0.0115. The first-order chi connectivity index (χ1) is 8.24. The molecule has 1 fully saturated rings. The van der Waals surface area contributed by atoms with Crippen molar-refractivity contribution in [1.29, 1.82) is 0 Å². The van der Waals surface area contributed by atoms with Crippen LogP contribution in [0, 0.1) is 0 Å². The summed E-state index contributed by atoms with van der Waals surface area (Å²) < 4.78 is 27.3. The standard InChI is InChI=1S/C11H22N2O4S/c1-11(2,18(3,15)16)9-12-8-10(14)13-4-6-17-7-5-13/h12H,4-9H2,1-3H3. The molecule has 0 unspecified atom stereocenters. The van der Waals surface area contributed by atoms with Crippen molar-refractivity contribution < 1.29 is 17.9 Å². The Kier molecular flexibility index (Phi) is 5.12. The molecule has 0 aliphatic carbocycles. The predicted octanol–water partition coefficient (Wildman–Crippen LogP) is -0.742. The minimum Gasteiger partial charge on any atom is -0.378 e. The SMILES string of the molecule is CC(C)(CNCC(=O)N1CCOCC1)S(C)(=O)=O. The van der Waals surface area contributed by atoms with Crippen LogP contribution in [0.15, 0.2) is 0 Å². The van der Waals surface area contributed by atoms with Gasteiger partial charge in [-0.15, -0.1) is 0 Å².